The number of aryl methyl sites for hydroxylation is 1. The summed E-state index contributed by atoms with van der Waals surface area (Å²) in [5, 5.41) is 17.6. The van der Waals surface area contributed by atoms with E-state index in [0.717, 1.165) is 0 Å². The summed E-state index contributed by atoms with van der Waals surface area (Å²) in [5.74, 6) is -1.84. The molecule has 0 bridgehead atoms. The molecule has 0 saturated carbocycles. The van der Waals surface area contributed by atoms with Crippen LogP contribution in [0, 0.1) is 6.92 Å². The second kappa shape index (κ2) is 6.00. The van der Waals surface area contributed by atoms with Gasteiger partial charge in [-0.1, -0.05) is 12.1 Å². The Labute approximate surface area is 98.6 Å². The second-order valence-corrected chi connectivity index (χ2v) is 3.52. The zero-order chi connectivity index (χ0) is 12.8. The molecule has 1 aromatic carbocycles. The lowest BCUT2D eigenvalue weighted by atomic mass is 10.0. The van der Waals surface area contributed by atoms with E-state index in [9.17, 15) is 9.59 Å². The van der Waals surface area contributed by atoms with Crippen LogP contribution in [-0.2, 0) is 4.74 Å². The first kappa shape index (κ1) is 13.2. The van der Waals surface area contributed by atoms with Crippen molar-refractivity contribution in [2.45, 2.75) is 13.3 Å². The Morgan fingerprint density at radius 2 is 2.06 bits per heavy atom. The number of carbonyl (C=O) groups excluding carboxylic acids is 1. The van der Waals surface area contributed by atoms with Crippen LogP contribution in [0.5, 0.6) is 0 Å². The monoisotopic (exact) mass is 238 g/mol. The lowest BCUT2D eigenvalue weighted by Crippen LogP contribution is -2.14. The molecule has 0 saturated heterocycles. The number of ether oxygens (including phenoxy) is 1. The van der Waals surface area contributed by atoms with E-state index in [1.54, 1.807) is 19.1 Å². The Hall–Kier alpha value is -1.88. The average molecular weight is 238 g/mol. The number of aromatic carboxylic acids is 1. The summed E-state index contributed by atoms with van der Waals surface area (Å²) in [7, 11) is 0. The van der Waals surface area contributed by atoms with E-state index in [2.05, 4.69) is 0 Å². The maximum atomic E-state index is 11.6. The summed E-state index contributed by atoms with van der Waals surface area (Å²) in [5.41, 5.74) is 0.506. The molecule has 0 amide bonds. The Morgan fingerprint density at radius 3 is 2.65 bits per heavy atom. The third kappa shape index (κ3) is 3.29. The van der Waals surface area contributed by atoms with E-state index >= 15 is 0 Å². The molecule has 0 aliphatic rings. The van der Waals surface area contributed by atoms with Gasteiger partial charge in [-0.25, -0.2) is 9.59 Å². The van der Waals surface area contributed by atoms with E-state index in [1.807, 2.05) is 0 Å². The molecule has 0 heterocycles. The summed E-state index contributed by atoms with van der Waals surface area (Å²) in [6, 6.07) is 4.64. The minimum absolute atomic E-state index is 0.0374. The molecule has 1 rings (SSSR count). The summed E-state index contributed by atoms with van der Waals surface area (Å²) in [6.07, 6.45) is 0.333. The number of hydrogen-bond acceptors (Lipinski definition) is 4. The molecule has 0 aliphatic heterocycles. The lowest BCUT2D eigenvalue weighted by Gasteiger charge is -2.08. The number of aliphatic hydroxyl groups excluding tert-OH is 1. The number of hydrogen-bond donors (Lipinski definition) is 2. The molecule has 0 unspecified atom stereocenters. The molecule has 5 heteroatoms. The molecule has 0 atom stereocenters. The average Bonchev–Trinajstić information content (AvgIpc) is 2.28. The molecule has 0 spiro atoms. The zero-order valence-corrected chi connectivity index (χ0v) is 9.47. The fraction of sp³-hybridized carbons (Fsp3) is 0.333. The fourth-order valence-corrected chi connectivity index (χ4v) is 1.43. The van der Waals surface area contributed by atoms with Gasteiger partial charge >= 0.3 is 11.9 Å². The van der Waals surface area contributed by atoms with E-state index in [0.29, 0.717) is 12.0 Å². The number of carboxylic acids is 1. The molecule has 0 radical (unpaired) electrons. The molecule has 17 heavy (non-hydrogen) atoms. The van der Waals surface area contributed by atoms with Crippen LogP contribution in [0.25, 0.3) is 0 Å². The number of carbonyl (C=O) groups is 2. The molecule has 2 N–H and O–H groups in total. The SMILES string of the molecule is Cc1cccc(C(=O)OCCCO)c1C(=O)O. The summed E-state index contributed by atoms with van der Waals surface area (Å²) < 4.78 is 4.85. The topological polar surface area (TPSA) is 83.8 Å². The first-order valence-electron chi connectivity index (χ1n) is 5.18. The third-order valence-corrected chi connectivity index (χ3v) is 2.24. The van der Waals surface area contributed by atoms with Crippen LogP contribution in [0.3, 0.4) is 0 Å². The van der Waals surface area contributed by atoms with Gasteiger partial charge < -0.3 is 14.9 Å². The van der Waals surface area contributed by atoms with Gasteiger partial charge in [-0.15, -0.1) is 0 Å². The van der Waals surface area contributed by atoms with Crippen molar-refractivity contribution in [2.24, 2.45) is 0 Å². The number of carboxylic acid groups (broad SMARTS) is 1. The van der Waals surface area contributed by atoms with Gasteiger partial charge in [0.05, 0.1) is 17.7 Å². The first-order chi connectivity index (χ1) is 8.07. The fourth-order valence-electron chi connectivity index (χ4n) is 1.43. The van der Waals surface area contributed by atoms with Crippen LogP contribution < -0.4 is 0 Å². The van der Waals surface area contributed by atoms with Crippen molar-refractivity contribution in [3.05, 3.63) is 34.9 Å². The number of aliphatic hydroxyl groups is 1. The minimum Gasteiger partial charge on any atom is -0.478 e. The van der Waals surface area contributed by atoms with Crippen molar-refractivity contribution in [3.8, 4) is 0 Å². The maximum absolute atomic E-state index is 11.6. The quantitative estimate of drug-likeness (QED) is 0.595. The van der Waals surface area contributed by atoms with E-state index in [-0.39, 0.29) is 24.3 Å². The van der Waals surface area contributed by atoms with Crippen molar-refractivity contribution in [1.82, 2.24) is 0 Å². The highest BCUT2D eigenvalue weighted by Gasteiger charge is 2.19. The zero-order valence-electron chi connectivity index (χ0n) is 9.47. The Bertz CT molecular complexity index is 425. The maximum Gasteiger partial charge on any atom is 0.339 e. The smallest absolute Gasteiger partial charge is 0.339 e. The third-order valence-electron chi connectivity index (χ3n) is 2.24. The van der Waals surface area contributed by atoms with Crippen LogP contribution in [-0.4, -0.2) is 35.4 Å². The van der Waals surface area contributed by atoms with E-state index < -0.39 is 11.9 Å². The summed E-state index contributed by atoms with van der Waals surface area (Å²) in [6.45, 7) is 1.61. The van der Waals surface area contributed by atoms with Crippen LogP contribution in [0.15, 0.2) is 18.2 Å². The summed E-state index contributed by atoms with van der Waals surface area (Å²) >= 11 is 0. The van der Waals surface area contributed by atoms with Gasteiger partial charge in [0.2, 0.25) is 0 Å². The Morgan fingerprint density at radius 1 is 1.35 bits per heavy atom. The number of esters is 1. The molecule has 1 aromatic rings. The first-order valence-corrected chi connectivity index (χ1v) is 5.18. The van der Waals surface area contributed by atoms with Crippen molar-refractivity contribution in [2.75, 3.05) is 13.2 Å². The van der Waals surface area contributed by atoms with Gasteiger partial charge in [-0.2, -0.15) is 0 Å². The highest BCUT2D eigenvalue weighted by atomic mass is 16.5. The van der Waals surface area contributed by atoms with Crippen LogP contribution in [0.4, 0.5) is 0 Å². The second-order valence-electron chi connectivity index (χ2n) is 3.52. The highest BCUT2D eigenvalue weighted by molar-refractivity contribution is 6.03. The molecular weight excluding hydrogens is 224 g/mol. The highest BCUT2D eigenvalue weighted by Crippen LogP contribution is 2.15. The van der Waals surface area contributed by atoms with Crippen LogP contribution >= 0.6 is 0 Å². The van der Waals surface area contributed by atoms with Crippen molar-refractivity contribution >= 4 is 11.9 Å². The van der Waals surface area contributed by atoms with Gasteiger partial charge in [0, 0.05) is 13.0 Å². The molecule has 5 nitrogen and oxygen atoms in total. The lowest BCUT2D eigenvalue weighted by molar-refractivity contribution is 0.0472. The predicted octanol–water partition coefficient (Wildman–Crippen LogP) is 1.23. The number of benzene rings is 1. The number of rotatable bonds is 5. The van der Waals surface area contributed by atoms with E-state index in [4.69, 9.17) is 14.9 Å². The Balaban J connectivity index is 2.93. The van der Waals surface area contributed by atoms with Gasteiger partial charge in [0.1, 0.15) is 0 Å². The summed E-state index contributed by atoms with van der Waals surface area (Å²) in [4.78, 5) is 22.7. The van der Waals surface area contributed by atoms with Gasteiger partial charge in [0.15, 0.2) is 0 Å². The van der Waals surface area contributed by atoms with Crippen LogP contribution in [0.2, 0.25) is 0 Å². The van der Waals surface area contributed by atoms with Crippen molar-refractivity contribution in [3.63, 3.8) is 0 Å². The van der Waals surface area contributed by atoms with Crippen LogP contribution in [0.1, 0.15) is 32.7 Å². The van der Waals surface area contributed by atoms with Crippen molar-refractivity contribution in [1.29, 1.82) is 0 Å². The predicted molar refractivity (Wildman–Crippen MR) is 60.1 cm³/mol. The largest absolute Gasteiger partial charge is 0.478 e. The Kier molecular flexibility index (Phi) is 4.66. The molecule has 92 valence electrons. The van der Waals surface area contributed by atoms with Crippen molar-refractivity contribution < 1.29 is 24.5 Å². The normalized spacial score (nSPS) is 10.0. The van der Waals surface area contributed by atoms with Gasteiger partial charge in [-0.3, -0.25) is 0 Å². The molecular formula is C12H14O5. The molecule has 0 aliphatic carbocycles. The standard InChI is InChI=1S/C12H14O5/c1-8-4-2-5-9(10(8)11(14)15)12(16)17-7-3-6-13/h2,4-5,13H,3,6-7H2,1H3,(H,14,15). The van der Waals surface area contributed by atoms with Gasteiger partial charge in [-0.05, 0) is 18.6 Å². The van der Waals surface area contributed by atoms with Gasteiger partial charge in [0.25, 0.3) is 0 Å². The minimum atomic E-state index is -1.16. The molecule has 0 fully saturated rings. The van der Waals surface area contributed by atoms with E-state index in [1.165, 1.54) is 6.07 Å². The molecule has 0 aromatic heterocycles.